The summed E-state index contributed by atoms with van der Waals surface area (Å²) in [4.78, 5) is 5.46. The van der Waals surface area contributed by atoms with Gasteiger partial charge in [-0.15, -0.1) is 12.3 Å². The van der Waals surface area contributed by atoms with Crippen molar-refractivity contribution in [3.63, 3.8) is 0 Å². The Bertz CT molecular complexity index is 924. The van der Waals surface area contributed by atoms with E-state index in [1.807, 2.05) is 47.0 Å². The smallest absolute Gasteiger partial charge is 0.158 e. The van der Waals surface area contributed by atoms with Crippen molar-refractivity contribution >= 4 is 11.2 Å². The van der Waals surface area contributed by atoms with Crippen LogP contribution in [0.5, 0.6) is 0 Å². The first-order valence-corrected chi connectivity index (χ1v) is 9.21. The molecule has 1 heterocycles. The second-order valence-electron chi connectivity index (χ2n) is 5.92. The highest BCUT2D eigenvalue weighted by molar-refractivity contribution is 7.91. The van der Waals surface area contributed by atoms with Crippen molar-refractivity contribution in [3.8, 4) is 18.4 Å². The summed E-state index contributed by atoms with van der Waals surface area (Å²) in [7, 11) is 0. The third kappa shape index (κ3) is 3.65. The maximum absolute atomic E-state index is 12.7. The van der Waals surface area contributed by atoms with Gasteiger partial charge in [-0.05, 0) is 29.8 Å². The Labute approximate surface area is 156 Å². The quantitative estimate of drug-likeness (QED) is 0.499. The van der Waals surface area contributed by atoms with Crippen molar-refractivity contribution < 1.29 is 4.55 Å². The van der Waals surface area contributed by atoms with E-state index in [2.05, 4.69) is 17.0 Å². The summed E-state index contributed by atoms with van der Waals surface area (Å²) in [5.74, 6) is 2.62. The SMILES string of the molecule is C#CCC(C#N)(Cn1ccnc1)c1ccc([S+]([O-])c2ccccc2)cc1. The summed E-state index contributed by atoms with van der Waals surface area (Å²) in [6.07, 6.45) is 11.0. The molecule has 0 spiro atoms. The van der Waals surface area contributed by atoms with Crippen molar-refractivity contribution in [1.82, 2.24) is 9.55 Å². The van der Waals surface area contributed by atoms with Gasteiger partial charge in [0.1, 0.15) is 5.41 Å². The Balaban J connectivity index is 1.91. The van der Waals surface area contributed by atoms with Crippen molar-refractivity contribution in [1.29, 1.82) is 5.26 Å². The number of aromatic nitrogens is 2. The van der Waals surface area contributed by atoms with Crippen LogP contribution >= 0.6 is 0 Å². The summed E-state index contributed by atoms with van der Waals surface area (Å²) in [6.45, 7) is 0.412. The molecule has 0 aliphatic rings. The van der Waals surface area contributed by atoms with Gasteiger partial charge in [0.25, 0.3) is 0 Å². The summed E-state index contributed by atoms with van der Waals surface area (Å²) < 4.78 is 14.5. The molecule has 2 atom stereocenters. The van der Waals surface area contributed by atoms with Crippen molar-refractivity contribution in [2.75, 3.05) is 0 Å². The molecule has 5 heteroatoms. The van der Waals surface area contributed by atoms with Gasteiger partial charge in [0.2, 0.25) is 0 Å². The van der Waals surface area contributed by atoms with Gasteiger partial charge in [-0.25, -0.2) is 4.98 Å². The maximum Gasteiger partial charge on any atom is 0.158 e. The average molecular weight is 359 g/mol. The summed E-state index contributed by atoms with van der Waals surface area (Å²) in [5, 5.41) is 9.88. The summed E-state index contributed by atoms with van der Waals surface area (Å²) >= 11 is -1.26. The van der Waals surface area contributed by atoms with Crippen LogP contribution in [0.3, 0.4) is 0 Å². The van der Waals surface area contributed by atoms with E-state index in [9.17, 15) is 9.81 Å². The number of nitrogens with zero attached hydrogens (tertiary/aromatic N) is 3. The van der Waals surface area contributed by atoms with Crippen LogP contribution in [0.2, 0.25) is 0 Å². The molecule has 26 heavy (non-hydrogen) atoms. The molecule has 0 N–H and O–H groups in total. The van der Waals surface area contributed by atoms with Gasteiger partial charge in [0.15, 0.2) is 9.79 Å². The first-order valence-electron chi connectivity index (χ1n) is 8.06. The molecule has 3 rings (SSSR count). The van der Waals surface area contributed by atoms with Gasteiger partial charge in [0.05, 0.1) is 12.4 Å². The Morgan fingerprint density at radius 3 is 2.38 bits per heavy atom. The van der Waals surface area contributed by atoms with Crippen molar-refractivity contribution in [3.05, 3.63) is 78.9 Å². The minimum atomic E-state index is -1.26. The molecule has 0 aliphatic carbocycles. The van der Waals surface area contributed by atoms with E-state index in [1.165, 1.54) is 0 Å². The van der Waals surface area contributed by atoms with E-state index in [1.54, 1.807) is 30.9 Å². The lowest BCUT2D eigenvalue weighted by Gasteiger charge is -2.25. The van der Waals surface area contributed by atoms with Crippen LogP contribution in [0.1, 0.15) is 12.0 Å². The Morgan fingerprint density at radius 2 is 1.81 bits per heavy atom. The Morgan fingerprint density at radius 1 is 1.12 bits per heavy atom. The number of hydrogen-bond donors (Lipinski definition) is 0. The molecule has 3 aromatic rings. The first-order chi connectivity index (χ1) is 12.7. The number of rotatable bonds is 6. The number of terminal acetylenes is 1. The van der Waals surface area contributed by atoms with E-state index in [0.717, 1.165) is 10.5 Å². The fraction of sp³-hybridized carbons (Fsp3) is 0.143. The minimum Gasteiger partial charge on any atom is -0.606 e. The Kier molecular flexibility index (Phi) is 5.43. The second kappa shape index (κ2) is 7.93. The topological polar surface area (TPSA) is 64.7 Å². The van der Waals surface area contributed by atoms with Crippen LogP contribution < -0.4 is 0 Å². The zero-order valence-corrected chi connectivity index (χ0v) is 14.9. The van der Waals surface area contributed by atoms with Gasteiger partial charge in [-0.3, -0.25) is 0 Å². The molecule has 0 saturated heterocycles. The molecule has 0 aliphatic heterocycles. The minimum absolute atomic E-state index is 0.281. The molecule has 2 aromatic carbocycles. The molecular formula is C21H17N3OS. The number of hydrogen-bond acceptors (Lipinski definition) is 3. The van der Waals surface area contributed by atoms with Gasteiger partial charge >= 0.3 is 0 Å². The van der Waals surface area contributed by atoms with Crippen molar-refractivity contribution in [2.45, 2.75) is 28.2 Å². The average Bonchev–Trinajstić information content (AvgIpc) is 3.21. The van der Waals surface area contributed by atoms with Gasteiger partial charge in [-0.1, -0.05) is 30.3 Å². The molecule has 0 radical (unpaired) electrons. The van der Waals surface area contributed by atoms with Crippen molar-refractivity contribution in [2.24, 2.45) is 0 Å². The highest BCUT2D eigenvalue weighted by atomic mass is 32.2. The molecule has 0 fully saturated rings. The van der Waals surface area contributed by atoms with E-state index in [4.69, 9.17) is 6.42 Å². The van der Waals surface area contributed by atoms with Crippen LogP contribution in [0, 0.1) is 23.7 Å². The first kappa shape index (κ1) is 17.8. The zero-order chi connectivity index (χ0) is 18.4. The third-order valence-electron chi connectivity index (χ3n) is 4.21. The fourth-order valence-electron chi connectivity index (χ4n) is 2.83. The van der Waals surface area contributed by atoms with E-state index >= 15 is 0 Å². The standard InChI is InChI=1S/C21H17N3OS/c1-2-12-21(15-22,16-24-14-13-23-17-24)18-8-10-20(11-9-18)26(25)19-6-4-3-5-7-19/h1,3-11,13-14,17H,12,16H2. The molecule has 0 amide bonds. The van der Waals surface area contributed by atoms with E-state index in [-0.39, 0.29) is 6.42 Å². The highest BCUT2D eigenvalue weighted by Gasteiger charge is 2.32. The number of imidazole rings is 1. The third-order valence-corrected chi connectivity index (χ3v) is 5.61. The zero-order valence-electron chi connectivity index (χ0n) is 14.1. The lowest BCUT2D eigenvalue weighted by Crippen LogP contribution is -2.29. The highest BCUT2D eigenvalue weighted by Crippen LogP contribution is 2.31. The maximum atomic E-state index is 12.7. The normalized spacial score (nSPS) is 14.0. The lowest BCUT2D eigenvalue weighted by atomic mass is 9.79. The molecule has 128 valence electrons. The van der Waals surface area contributed by atoms with Crippen LogP contribution in [0.4, 0.5) is 0 Å². The van der Waals surface area contributed by atoms with Gasteiger partial charge < -0.3 is 9.12 Å². The van der Waals surface area contributed by atoms with E-state index < -0.39 is 16.6 Å². The largest absolute Gasteiger partial charge is 0.606 e. The molecule has 2 unspecified atom stereocenters. The molecule has 0 saturated carbocycles. The number of benzene rings is 2. The van der Waals surface area contributed by atoms with Crippen LogP contribution in [0.25, 0.3) is 0 Å². The monoisotopic (exact) mass is 359 g/mol. The van der Waals surface area contributed by atoms with Gasteiger partial charge in [0, 0.05) is 36.5 Å². The Hall–Kier alpha value is -2.99. The second-order valence-corrected chi connectivity index (χ2v) is 7.40. The van der Waals surface area contributed by atoms with E-state index in [0.29, 0.717) is 11.4 Å². The predicted molar refractivity (Wildman–Crippen MR) is 101 cm³/mol. The fourth-order valence-corrected chi connectivity index (χ4v) is 3.89. The lowest BCUT2D eigenvalue weighted by molar-refractivity contribution is 0.466. The molecule has 4 nitrogen and oxygen atoms in total. The molecule has 0 bridgehead atoms. The van der Waals surface area contributed by atoms with Crippen LogP contribution in [0.15, 0.2) is 83.1 Å². The van der Waals surface area contributed by atoms with Crippen LogP contribution in [-0.2, 0) is 23.1 Å². The molecular weight excluding hydrogens is 342 g/mol. The van der Waals surface area contributed by atoms with Gasteiger partial charge in [-0.2, -0.15) is 5.26 Å². The molecule has 1 aromatic heterocycles. The van der Waals surface area contributed by atoms with Crippen LogP contribution in [-0.4, -0.2) is 14.1 Å². The number of nitriles is 1. The summed E-state index contributed by atoms with van der Waals surface area (Å²) in [6, 6.07) is 18.9. The summed E-state index contributed by atoms with van der Waals surface area (Å²) in [5.41, 5.74) is -0.0529. The predicted octanol–water partition coefficient (Wildman–Crippen LogP) is 3.53.